The molecular weight excluding hydrogens is 232 g/mol. The molecule has 2 rings (SSSR count). The van der Waals surface area contributed by atoms with E-state index in [0.29, 0.717) is 12.0 Å². The van der Waals surface area contributed by atoms with Gasteiger partial charge in [0.05, 0.1) is 11.1 Å². The van der Waals surface area contributed by atoms with E-state index in [1.165, 1.54) is 0 Å². The number of aromatic amines is 1. The first-order valence-electron chi connectivity index (χ1n) is 5.73. The van der Waals surface area contributed by atoms with E-state index in [0.717, 1.165) is 10.9 Å². The Morgan fingerprint density at radius 1 is 1.39 bits per heavy atom. The molecule has 2 aromatic rings. The molecule has 0 aliphatic rings. The van der Waals surface area contributed by atoms with E-state index in [2.05, 4.69) is 10.3 Å². The number of H-pyrrole nitrogens is 1. The summed E-state index contributed by atoms with van der Waals surface area (Å²) in [5, 5.41) is 12.3. The number of para-hydroxylation sites is 1. The van der Waals surface area contributed by atoms with Crippen molar-refractivity contribution in [2.24, 2.45) is 0 Å². The first kappa shape index (κ1) is 12.2. The van der Waals surface area contributed by atoms with Gasteiger partial charge in [-0.1, -0.05) is 19.1 Å². The van der Waals surface area contributed by atoms with Crippen molar-refractivity contribution in [1.82, 2.24) is 10.3 Å². The van der Waals surface area contributed by atoms with Crippen LogP contribution in [-0.4, -0.2) is 28.0 Å². The van der Waals surface area contributed by atoms with Gasteiger partial charge in [-0.3, -0.25) is 4.79 Å². The fourth-order valence-corrected chi connectivity index (χ4v) is 1.85. The van der Waals surface area contributed by atoms with Gasteiger partial charge in [0.1, 0.15) is 6.04 Å². The molecule has 18 heavy (non-hydrogen) atoms. The number of fused-ring (bicyclic) bond motifs is 1. The number of carboxylic acids is 1. The van der Waals surface area contributed by atoms with E-state index in [1.807, 2.05) is 12.1 Å². The van der Waals surface area contributed by atoms with Gasteiger partial charge in [0.25, 0.3) is 5.91 Å². The molecule has 0 fully saturated rings. The molecule has 0 aliphatic carbocycles. The Balaban J connectivity index is 2.28. The average molecular weight is 246 g/mol. The minimum absolute atomic E-state index is 0.349. The standard InChI is InChI=1S/C13H14N2O3/c1-2-10(13(17)18)15-12(16)9-5-3-4-8-6-7-14-11(8)9/h3-7,10,14H,2H2,1H3,(H,15,16)(H,17,18)/t10-/m1/s1. The van der Waals surface area contributed by atoms with Crippen LogP contribution in [0, 0.1) is 0 Å². The van der Waals surface area contributed by atoms with Crippen LogP contribution in [0.3, 0.4) is 0 Å². The maximum atomic E-state index is 12.0. The zero-order valence-electron chi connectivity index (χ0n) is 9.93. The van der Waals surface area contributed by atoms with Crippen LogP contribution in [0.15, 0.2) is 30.5 Å². The second kappa shape index (κ2) is 4.91. The van der Waals surface area contributed by atoms with Crippen molar-refractivity contribution in [1.29, 1.82) is 0 Å². The van der Waals surface area contributed by atoms with Crippen LogP contribution in [0.4, 0.5) is 0 Å². The van der Waals surface area contributed by atoms with Crippen molar-refractivity contribution < 1.29 is 14.7 Å². The number of amides is 1. The highest BCUT2D eigenvalue weighted by Gasteiger charge is 2.19. The number of rotatable bonds is 4. The lowest BCUT2D eigenvalue weighted by atomic mass is 10.1. The summed E-state index contributed by atoms with van der Waals surface area (Å²) in [5.74, 6) is -1.40. The molecule has 0 saturated heterocycles. The molecule has 0 aliphatic heterocycles. The summed E-state index contributed by atoms with van der Waals surface area (Å²) in [6, 6.07) is 6.33. The maximum Gasteiger partial charge on any atom is 0.326 e. The predicted molar refractivity (Wildman–Crippen MR) is 67.5 cm³/mol. The molecule has 94 valence electrons. The van der Waals surface area contributed by atoms with Crippen molar-refractivity contribution in [2.45, 2.75) is 19.4 Å². The van der Waals surface area contributed by atoms with Crippen LogP contribution < -0.4 is 5.32 Å². The molecule has 5 nitrogen and oxygen atoms in total. The number of aromatic nitrogens is 1. The largest absolute Gasteiger partial charge is 0.480 e. The van der Waals surface area contributed by atoms with Crippen molar-refractivity contribution in [3.8, 4) is 0 Å². The number of carboxylic acid groups (broad SMARTS) is 1. The third-order valence-electron chi connectivity index (χ3n) is 2.84. The van der Waals surface area contributed by atoms with E-state index in [9.17, 15) is 9.59 Å². The number of hydrogen-bond acceptors (Lipinski definition) is 2. The molecule has 1 aromatic heterocycles. The van der Waals surface area contributed by atoms with E-state index >= 15 is 0 Å². The van der Waals surface area contributed by atoms with Crippen LogP contribution in [-0.2, 0) is 4.79 Å². The third kappa shape index (κ3) is 2.20. The van der Waals surface area contributed by atoms with Crippen LogP contribution in [0.5, 0.6) is 0 Å². The summed E-state index contributed by atoms with van der Waals surface area (Å²) in [6.07, 6.45) is 2.09. The summed E-state index contributed by atoms with van der Waals surface area (Å²) in [7, 11) is 0. The zero-order chi connectivity index (χ0) is 13.1. The molecule has 1 amide bonds. The van der Waals surface area contributed by atoms with Gasteiger partial charge in [-0.2, -0.15) is 0 Å². The van der Waals surface area contributed by atoms with E-state index in [4.69, 9.17) is 5.11 Å². The van der Waals surface area contributed by atoms with Crippen LogP contribution >= 0.6 is 0 Å². The van der Waals surface area contributed by atoms with Crippen molar-refractivity contribution in [2.75, 3.05) is 0 Å². The Hall–Kier alpha value is -2.30. The van der Waals surface area contributed by atoms with Gasteiger partial charge in [0.15, 0.2) is 0 Å². The predicted octanol–water partition coefficient (Wildman–Crippen LogP) is 1.76. The SMILES string of the molecule is CC[C@@H](NC(=O)c1cccc2cc[nH]c12)C(=O)O. The van der Waals surface area contributed by atoms with Crippen LogP contribution in [0.25, 0.3) is 10.9 Å². The first-order chi connectivity index (χ1) is 8.63. The van der Waals surface area contributed by atoms with Crippen molar-refractivity contribution in [3.63, 3.8) is 0 Å². The Morgan fingerprint density at radius 2 is 2.17 bits per heavy atom. The van der Waals surface area contributed by atoms with Gasteiger partial charge in [0.2, 0.25) is 0 Å². The summed E-state index contributed by atoms with van der Waals surface area (Å²) in [6.45, 7) is 1.72. The topological polar surface area (TPSA) is 82.2 Å². The molecule has 1 heterocycles. The number of carbonyl (C=O) groups excluding carboxylic acids is 1. The van der Waals surface area contributed by atoms with Crippen LogP contribution in [0.2, 0.25) is 0 Å². The molecule has 0 radical (unpaired) electrons. The van der Waals surface area contributed by atoms with Gasteiger partial charge in [-0.25, -0.2) is 4.79 Å². The number of nitrogens with one attached hydrogen (secondary N) is 2. The molecule has 0 bridgehead atoms. The first-order valence-corrected chi connectivity index (χ1v) is 5.73. The Kier molecular flexibility index (Phi) is 3.32. The van der Waals surface area contributed by atoms with Crippen molar-refractivity contribution >= 4 is 22.8 Å². The number of aliphatic carboxylic acids is 1. The summed E-state index contributed by atoms with van der Waals surface area (Å²) in [5.41, 5.74) is 1.17. The summed E-state index contributed by atoms with van der Waals surface area (Å²) >= 11 is 0. The highest BCUT2D eigenvalue weighted by atomic mass is 16.4. The molecule has 5 heteroatoms. The van der Waals surface area contributed by atoms with Gasteiger partial charge in [0, 0.05) is 11.6 Å². The average Bonchev–Trinajstić information content (AvgIpc) is 2.82. The highest BCUT2D eigenvalue weighted by molar-refractivity contribution is 6.06. The van der Waals surface area contributed by atoms with Gasteiger partial charge in [-0.05, 0) is 18.6 Å². The smallest absolute Gasteiger partial charge is 0.326 e. The van der Waals surface area contributed by atoms with Crippen molar-refractivity contribution in [3.05, 3.63) is 36.0 Å². The van der Waals surface area contributed by atoms with E-state index in [-0.39, 0.29) is 5.91 Å². The minimum Gasteiger partial charge on any atom is -0.480 e. The fraction of sp³-hybridized carbons (Fsp3) is 0.231. The minimum atomic E-state index is -1.02. The zero-order valence-corrected chi connectivity index (χ0v) is 9.93. The highest BCUT2D eigenvalue weighted by Crippen LogP contribution is 2.16. The second-order valence-corrected chi connectivity index (χ2v) is 4.02. The molecule has 0 saturated carbocycles. The molecule has 0 unspecified atom stereocenters. The Bertz CT molecular complexity index is 589. The lowest BCUT2D eigenvalue weighted by Crippen LogP contribution is -2.40. The molecular formula is C13H14N2O3. The van der Waals surface area contributed by atoms with E-state index in [1.54, 1.807) is 25.3 Å². The maximum absolute atomic E-state index is 12.0. The van der Waals surface area contributed by atoms with Gasteiger partial charge in [-0.15, -0.1) is 0 Å². The fourth-order valence-electron chi connectivity index (χ4n) is 1.85. The summed E-state index contributed by atoms with van der Waals surface area (Å²) < 4.78 is 0. The normalized spacial score (nSPS) is 12.3. The third-order valence-corrected chi connectivity index (χ3v) is 2.84. The molecule has 1 atom stereocenters. The number of benzene rings is 1. The monoisotopic (exact) mass is 246 g/mol. The second-order valence-electron chi connectivity index (χ2n) is 4.02. The lowest BCUT2D eigenvalue weighted by Gasteiger charge is -2.12. The Morgan fingerprint density at radius 3 is 2.83 bits per heavy atom. The number of carbonyl (C=O) groups is 2. The van der Waals surface area contributed by atoms with Gasteiger partial charge >= 0.3 is 5.97 Å². The molecule has 1 aromatic carbocycles. The van der Waals surface area contributed by atoms with E-state index < -0.39 is 12.0 Å². The summed E-state index contributed by atoms with van der Waals surface area (Å²) in [4.78, 5) is 25.9. The quantitative estimate of drug-likeness (QED) is 0.768. The lowest BCUT2D eigenvalue weighted by molar-refractivity contribution is -0.139. The molecule has 3 N–H and O–H groups in total. The Labute approximate surface area is 104 Å². The molecule has 0 spiro atoms. The van der Waals surface area contributed by atoms with Crippen LogP contribution in [0.1, 0.15) is 23.7 Å². The van der Waals surface area contributed by atoms with Gasteiger partial charge < -0.3 is 15.4 Å². The number of hydrogen-bond donors (Lipinski definition) is 3.